The number of nitrogens with one attached hydrogen (secondary N) is 1. The number of carbonyl (C=O) groups excluding carboxylic acids is 1. The molecule has 1 atom stereocenters. The molecule has 0 aliphatic carbocycles. The summed E-state index contributed by atoms with van der Waals surface area (Å²) in [5, 5.41) is 13.0. The van der Waals surface area contributed by atoms with E-state index in [-0.39, 0.29) is 29.7 Å². The number of phenolic OH excluding ortho intramolecular Hbond substituents is 1. The van der Waals surface area contributed by atoms with Gasteiger partial charge >= 0.3 is 0 Å². The first-order valence-electron chi connectivity index (χ1n) is 8.68. The third-order valence-electron chi connectivity index (χ3n) is 4.86. The van der Waals surface area contributed by atoms with E-state index in [0.717, 1.165) is 18.5 Å². The number of carbonyl (C=O) groups is 1. The van der Waals surface area contributed by atoms with Crippen molar-refractivity contribution in [3.63, 3.8) is 0 Å². The monoisotopic (exact) mass is 352 g/mol. The standard InChI is InChI=1S/C19H20N4O3/c1-12-9-19(26)23-17(20-12)11-14(21-23)15-6-4-8-22(15)18(25)10-13-5-2-3-7-16(13)24/h2-3,5,7,9,11,15,21,24H,4,6,8,10H2,1H3. The van der Waals surface area contributed by atoms with E-state index in [2.05, 4.69) is 10.1 Å². The van der Waals surface area contributed by atoms with E-state index >= 15 is 0 Å². The van der Waals surface area contributed by atoms with Crippen molar-refractivity contribution in [2.24, 2.45) is 0 Å². The van der Waals surface area contributed by atoms with E-state index in [1.54, 1.807) is 25.1 Å². The molecule has 1 amide bonds. The quantitative estimate of drug-likeness (QED) is 0.754. The fourth-order valence-corrected chi connectivity index (χ4v) is 3.61. The van der Waals surface area contributed by atoms with Gasteiger partial charge in [0.2, 0.25) is 5.91 Å². The van der Waals surface area contributed by atoms with E-state index < -0.39 is 0 Å². The molecule has 4 rings (SSSR count). The highest BCUT2D eigenvalue weighted by molar-refractivity contribution is 5.80. The largest absolute Gasteiger partial charge is 0.508 e. The smallest absolute Gasteiger partial charge is 0.272 e. The highest BCUT2D eigenvalue weighted by Gasteiger charge is 2.31. The zero-order valence-electron chi connectivity index (χ0n) is 14.5. The molecule has 1 aromatic carbocycles. The SMILES string of the molecule is Cc1cc(=O)n2[nH]c(C3CCCN3C(=O)Cc3ccccc3O)cc2n1. The number of likely N-dealkylation sites (tertiary alicyclic amines) is 1. The van der Waals surface area contributed by atoms with Crippen LogP contribution in [0.3, 0.4) is 0 Å². The summed E-state index contributed by atoms with van der Waals surface area (Å²) in [7, 11) is 0. The molecule has 1 unspecified atom stereocenters. The van der Waals surface area contributed by atoms with Crippen LogP contribution in [0.5, 0.6) is 5.75 Å². The van der Waals surface area contributed by atoms with Gasteiger partial charge in [0.25, 0.3) is 5.56 Å². The summed E-state index contributed by atoms with van der Waals surface area (Å²) in [5.41, 5.74) is 2.49. The maximum absolute atomic E-state index is 12.8. The number of fused-ring (bicyclic) bond motifs is 1. The van der Waals surface area contributed by atoms with E-state index in [9.17, 15) is 14.7 Å². The van der Waals surface area contributed by atoms with E-state index in [1.807, 2.05) is 17.0 Å². The first kappa shape index (κ1) is 16.4. The second-order valence-electron chi connectivity index (χ2n) is 6.69. The molecule has 0 radical (unpaired) electrons. The molecule has 0 spiro atoms. The third-order valence-corrected chi connectivity index (χ3v) is 4.86. The second kappa shape index (κ2) is 6.33. The van der Waals surface area contributed by atoms with Crippen LogP contribution in [0.15, 0.2) is 41.2 Å². The average molecular weight is 352 g/mol. The minimum Gasteiger partial charge on any atom is -0.508 e. The lowest BCUT2D eigenvalue weighted by atomic mass is 10.1. The van der Waals surface area contributed by atoms with Gasteiger partial charge in [0.1, 0.15) is 5.75 Å². The molecule has 0 bridgehead atoms. The molecule has 1 aliphatic heterocycles. The van der Waals surface area contributed by atoms with Crippen molar-refractivity contribution in [3.8, 4) is 5.75 Å². The molecule has 134 valence electrons. The lowest BCUT2D eigenvalue weighted by Crippen LogP contribution is -2.32. The summed E-state index contributed by atoms with van der Waals surface area (Å²) < 4.78 is 1.41. The van der Waals surface area contributed by atoms with Crippen molar-refractivity contribution in [2.45, 2.75) is 32.2 Å². The van der Waals surface area contributed by atoms with Crippen molar-refractivity contribution in [1.29, 1.82) is 0 Å². The number of H-pyrrole nitrogens is 1. The Morgan fingerprint density at radius 3 is 2.96 bits per heavy atom. The number of aromatic nitrogens is 3. The maximum atomic E-state index is 12.8. The second-order valence-corrected chi connectivity index (χ2v) is 6.69. The van der Waals surface area contributed by atoms with E-state index in [1.165, 1.54) is 10.6 Å². The van der Waals surface area contributed by atoms with Gasteiger partial charge in [-0.15, -0.1) is 0 Å². The number of hydrogen-bond acceptors (Lipinski definition) is 4. The summed E-state index contributed by atoms with van der Waals surface area (Å²) in [6.07, 6.45) is 1.88. The van der Waals surface area contributed by atoms with Gasteiger partial charge in [-0.05, 0) is 25.8 Å². The van der Waals surface area contributed by atoms with Gasteiger partial charge < -0.3 is 10.0 Å². The highest BCUT2D eigenvalue weighted by atomic mass is 16.3. The van der Waals surface area contributed by atoms with Gasteiger partial charge in [0, 0.05) is 29.9 Å². The lowest BCUT2D eigenvalue weighted by molar-refractivity contribution is -0.131. The van der Waals surface area contributed by atoms with Crippen LogP contribution in [0.1, 0.15) is 35.8 Å². The first-order chi connectivity index (χ1) is 12.5. The fourth-order valence-electron chi connectivity index (χ4n) is 3.61. The van der Waals surface area contributed by atoms with Gasteiger partial charge in [-0.2, -0.15) is 0 Å². The molecule has 1 saturated heterocycles. The van der Waals surface area contributed by atoms with Crippen LogP contribution in [0.2, 0.25) is 0 Å². The number of para-hydroxylation sites is 1. The number of amides is 1. The number of nitrogens with zero attached hydrogens (tertiary/aromatic N) is 3. The Morgan fingerprint density at radius 1 is 1.35 bits per heavy atom. The first-order valence-corrected chi connectivity index (χ1v) is 8.68. The van der Waals surface area contributed by atoms with Crippen LogP contribution in [-0.4, -0.2) is 37.1 Å². The molecule has 0 saturated carbocycles. The molecular weight excluding hydrogens is 332 g/mol. The molecule has 2 aromatic heterocycles. The summed E-state index contributed by atoms with van der Waals surface area (Å²) in [5.74, 6) is 0.0950. The zero-order valence-corrected chi connectivity index (χ0v) is 14.5. The highest BCUT2D eigenvalue weighted by Crippen LogP contribution is 2.32. The minimum atomic E-state index is -0.163. The van der Waals surface area contributed by atoms with Gasteiger partial charge in [0.15, 0.2) is 5.65 Å². The van der Waals surface area contributed by atoms with Crippen molar-refractivity contribution in [2.75, 3.05) is 6.54 Å². The van der Waals surface area contributed by atoms with Crippen LogP contribution in [0.4, 0.5) is 0 Å². The van der Waals surface area contributed by atoms with Crippen LogP contribution in [0.25, 0.3) is 5.65 Å². The zero-order chi connectivity index (χ0) is 18.3. The molecule has 2 N–H and O–H groups in total. The Bertz CT molecular complexity index is 1040. The molecule has 3 heterocycles. The fraction of sp³-hybridized carbons (Fsp3) is 0.316. The Balaban J connectivity index is 1.62. The number of aromatic hydroxyl groups is 1. The van der Waals surface area contributed by atoms with Gasteiger partial charge in [-0.25, -0.2) is 9.50 Å². The summed E-state index contributed by atoms with van der Waals surface area (Å²) in [6.45, 7) is 2.44. The number of hydrogen-bond donors (Lipinski definition) is 2. The van der Waals surface area contributed by atoms with E-state index in [4.69, 9.17) is 0 Å². The van der Waals surface area contributed by atoms with Crippen molar-refractivity contribution >= 4 is 11.6 Å². The normalized spacial score (nSPS) is 17.1. The van der Waals surface area contributed by atoms with Crippen LogP contribution in [0, 0.1) is 6.92 Å². The van der Waals surface area contributed by atoms with Crippen molar-refractivity contribution in [3.05, 3.63) is 63.7 Å². The molecule has 26 heavy (non-hydrogen) atoms. The summed E-state index contributed by atoms with van der Waals surface area (Å²) in [6, 6.07) is 10.1. The third kappa shape index (κ3) is 2.85. The number of benzene rings is 1. The minimum absolute atomic E-state index is 0.0378. The van der Waals surface area contributed by atoms with E-state index in [0.29, 0.717) is 23.4 Å². The van der Waals surface area contributed by atoms with Crippen molar-refractivity contribution < 1.29 is 9.90 Å². The van der Waals surface area contributed by atoms with Gasteiger partial charge in [-0.3, -0.25) is 14.7 Å². The molecular formula is C19H20N4O3. The topological polar surface area (TPSA) is 90.7 Å². The van der Waals surface area contributed by atoms with Crippen LogP contribution >= 0.6 is 0 Å². The molecule has 7 nitrogen and oxygen atoms in total. The Morgan fingerprint density at radius 2 is 2.15 bits per heavy atom. The predicted molar refractivity (Wildman–Crippen MR) is 96.0 cm³/mol. The molecule has 1 aliphatic rings. The lowest BCUT2D eigenvalue weighted by Gasteiger charge is -2.24. The van der Waals surface area contributed by atoms with Crippen molar-refractivity contribution in [1.82, 2.24) is 19.5 Å². The summed E-state index contributed by atoms with van der Waals surface area (Å²) in [4.78, 5) is 31.1. The Kier molecular flexibility index (Phi) is 3.99. The Hall–Kier alpha value is -3.09. The Labute approximate surface area is 149 Å². The van der Waals surface area contributed by atoms with Crippen LogP contribution in [-0.2, 0) is 11.2 Å². The molecule has 3 aromatic rings. The number of aryl methyl sites for hydroxylation is 1. The van der Waals surface area contributed by atoms with Gasteiger partial charge in [-0.1, -0.05) is 18.2 Å². The van der Waals surface area contributed by atoms with Gasteiger partial charge in [0.05, 0.1) is 18.2 Å². The number of phenols is 1. The summed E-state index contributed by atoms with van der Waals surface area (Å²) >= 11 is 0. The molecule has 1 fully saturated rings. The predicted octanol–water partition coefficient (Wildman–Crippen LogP) is 1.94. The number of aromatic amines is 1. The maximum Gasteiger partial charge on any atom is 0.272 e. The van der Waals surface area contributed by atoms with Crippen LogP contribution < -0.4 is 5.56 Å². The average Bonchev–Trinajstić information content (AvgIpc) is 3.23. The number of rotatable bonds is 3. The molecule has 7 heteroatoms.